The highest BCUT2D eigenvalue weighted by molar-refractivity contribution is 5.90. The lowest BCUT2D eigenvalue weighted by Gasteiger charge is -2.29. The van der Waals surface area contributed by atoms with Crippen molar-refractivity contribution < 1.29 is 9.59 Å². The normalized spacial score (nSPS) is 25.7. The molecule has 4 nitrogen and oxygen atoms in total. The average molecular weight is 248 g/mol. The van der Waals surface area contributed by atoms with Gasteiger partial charge in [0.05, 0.1) is 6.04 Å². The van der Waals surface area contributed by atoms with E-state index in [1.165, 1.54) is 0 Å². The lowest BCUT2D eigenvalue weighted by molar-refractivity contribution is -0.140. The van der Waals surface area contributed by atoms with E-state index in [2.05, 4.69) is 12.8 Å². The standard InChI is InChI=1S/C14H20N2O2/c1-3-6-11(4-2)15-10-8-13(17)16-9-5-7-12(16)14(15)18/h2,11-12H,3,5-10H2,1H3. The van der Waals surface area contributed by atoms with Crippen molar-refractivity contribution in [2.75, 3.05) is 13.1 Å². The van der Waals surface area contributed by atoms with Crippen molar-refractivity contribution in [1.29, 1.82) is 0 Å². The molecule has 0 radical (unpaired) electrons. The number of hydrogen-bond donors (Lipinski definition) is 0. The molecule has 0 aromatic heterocycles. The smallest absolute Gasteiger partial charge is 0.246 e. The first-order valence-corrected chi connectivity index (χ1v) is 6.75. The lowest BCUT2D eigenvalue weighted by atomic mass is 10.1. The highest BCUT2D eigenvalue weighted by atomic mass is 16.2. The fraction of sp³-hybridized carbons (Fsp3) is 0.714. The summed E-state index contributed by atoms with van der Waals surface area (Å²) in [6, 6.07) is -0.413. The fourth-order valence-electron chi connectivity index (χ4n) is 2.90. The molecule has 0 aromatic carbocycles. The van der Waals surface area contributed by atoms with Crippen LogP contribution in [0.3, 0.4) is 0 Å². The first-order chi connectivity index (χ1) is 8.69. The third kappa shape index (κ3) is 2.22. The van der Waals surface area contributed by atoms with Gasteiger partial charge in [-0.2, -0.15) is 0 Å². The Morgan fingerprint density at radius 2 is 2.22 bits per heavy atom. The van der Waals surface area contributed by atoms with Crippen molar-refractivity contribution in [3.8, 4) is 12.3 Å². The number of rotatable bonds is 3. The van der Waals surface area contributed by atoms with Crippen LogP contribution in [0.1, 0.15) is 39.0 Å². The Morgan fingerprint density at radius 1 is 1.44 bits per heavy atom. The molecular formula is C14H20N2O2. The van der Waals surface area contributed by atoms with Crippen LogP contribution >= 0.6 is 0 Å². The van der Waals surface area contributed by atoms with Crippen molar-refractivity contribution in [3.05, 3.63) is 0 Å². The van der Waals surface area contributed by atoms with Crippen molar-refractivity contribution in [3.63, 3.8) is 0 Å². The molecule has 2 rings (SSSR count). The summed E-state index contributed by atoms with van der Waals surface area (Å²) in [5.41, 5.74) is 0. The van der Waals surface area contributed by atoms with E-state index in [-0.39, 0.29) is 23.9 Å². The number of amides is 2. The van der Waals surface area contributed by atoms with E-state index in [1.54, 1.807) is 9.80 Å². The fourth-order valence-corrected chi connectivity index (χ4v) is 2.90. The maximum atomic E-state index is 12.5. The minimum atomic E-state index is -0.257. The zero-order valence-corrected chi connectivity index (χ0v) is 10.9. The minimum absolute atomic E-state index is 0.0507. The molecule has 0 aromatic rings. The van der Waals surface area contributed by atoms with Gasteiger partial charge in [-0.1, -0.05) is 19.3 Å². The molecule has 2 fully saturated rings. The van der Waals surface area contributed by atoms with Gasteiger partial charge in [0.25, 0.3) is 0 Å². The summed E-state index contributed by atoms with van der Waals surface area (Å²) in [5.74, 6) is 2.85. The van der Waals surface area contributed by atoms with Gasteiger partial charge in [0.1, 0.15) is 6.04 Å². The summed E-state index contributed by atoms with van der Waals surface area (Å²) in [4.78, 5) is 27.9. The molecular weight excluding hydrogens is 228 g/mol. The van der Waals surface area contributed by atoms with Gasteiger partial charge in [-0.3, -0.25) is 9.59 Å². The SMILES string of the molecule is C#CC(CCC)N1CCC(=O)N2CCCC2C1=O. The molecule has 2 aliphatic rings. The van der Waals surface area contributed by atoms with Crippen LogP contribution in [-0.2, 0) is 9.59 Å². The molecule has 0 bridgehead atoms. The Labute approximate surface area is 108 Å². The van der Waals surface area contributed by atoms with Crippen LogP contribution in [0.15, 0.2) is 0 Å². The zero-order valence-electron chi connectivity index (χ0n) is 10.9. The number of carbonyl (C=O) groups excluding carboxylic acids is 2. The third-order valence-corrected chi connectivity index (χ3v) is 3.84. The van der Waals surface area contributed by atoms with Crippen molar-refractivity contribution >= 4 is 11.8 Å². The topological polar surface area (TPSA) is 40.6 Å². The summed E-state index contributed by atoms with van der Waals surface area (Å²) in [7, 11) is 0. The molecule has 2 aliphatic heterocycles. The Kier molecular flexibility index (Phi) is 3.90. The summed E-state index contributed by atoms with van der Waals surface area (Å²) >= 11 is 0. The van der Waals surface area contributed by atoms with Crippen LogP contribution in [0, 0.1) is 12.3 Å². The van der Waals surface area contributed by atoms with Crippen LogP contribution in [0.25, 0.3) is 0 Å². The van der Waals surface area contributed by atoms with Gasteiger partial charge in [0.2, 0.25) is 11.8 Å². The highest BCUT2D eigenvalue weighted by Gasteiger charge is 2.40. The first-order valence-electron chi connectivity index (χ1n) is 6.75. The van der Waals surface area contributed by atoms with Crippen LogP contribution in [0.4, 0.5) is 0 Å². The maximum absolute atomic E-state index is 12.5. The number of nitrogens with zero attached hydrogens (tertiary/aromatic N) is 2. The van der Waals surface area contributed by atoms with Gasteiger partial charge in [0, 0.05) is 19.5 Å². The molecule has 4 heteroatoms. The largest absolute Gasteiger partial charge is 0.331 e. The van der Waals surface area contributed by atoms with E-state index in [0.29, 0.717) is 13.0 Å². The quantitative estimate of drug-likeness (QED) is 0.699. The van der Waals surface area contributed by atoms with Gasteiger partial charge >= 0.3 is 0 Å². The second-order valence-corrected chi connectivity index (χ2v) is 5.00. The van der Waals surface area contributed by atoms with E-state index < -0.39 is 0 Å². The molecule has 98 valence electrons. The van der Waals surface area contributed by atoms with E-state index in [9.17, 15) is 9.59 Å². The van der Waals surface area contributed by atoms with Crippen molar-refractivity contribution in [1.82, 2.24) is 9.80 Å². The Balaban J connectivity index is 2.19. The van der Waals surface area contributed by atoms with Crippen LogP contribution < -0.4 is 0 Å². The number of terminal acetylenes is 1. The van der Waals surface area contributed by atoms with Gasteiger partial charge in [0.15, 0.2) is 0 Å². The molecule has 0 aliphatic carbocycles. The average Bonchev–Trinajstić information content (AvgIpc) is 2.82. The molecule has 0 saturated carbocycles. The van der Waals surface area contributed by atoms with Crippen LogP contribution in [0.2, 0.25) is 0 Å². The van der Waals surface area contributed by atoms with Gasteiger partial charge in [-0.15, -0.1) is 6.42 Å². The molecule has 2 heterocycles. The summed E-state index contributed by atoms with van der Waals surface area (Å²) < 4.78 is 0. The van der Waals surface area contributed by atoms with E-state index in [1.807, 2.05) is 0 Å². The van der Waals surface area contributed by atoms with Gasteiger partial charge < -0.3 is 9.80 Å². The number of fused-ring (bicyclic) bond motifs is 1. The lowest BCUT2D eigenvalue weighted by Crippen LogP contribution is -2.47. The van der Waals surface area contributed by atoms with Gasteiger partial charge in [-0.25, -0.2) is 0 Å². The number of hydrogen-bond acceptors (Lipinski definition) is 2. The van der Waals surface area contributed by atoms with Crippen molar-refractivity contribution in [2.24, 2.45) is 0 Å². The van der Waals surface area contributed by atoms with Crippen LogP contribution in [0.5, 0.6) is 0 Å². The molecule has 2 saturated heterocycles. The van der Waals surface area contributed by atoms with E-state index in [0.717, 1.165) is 32.2 Å². The molecule has 0 N–H and O–H groups in total. The van der Waals surface area contributed by atoms with Gasteiger partial charge in [-0.05, 0) is 19.3 Å². The number of carbonyl (C=O) groups is 2. The Morgan fingerprint density at radius 3 is 2.89 bits per heavy atom. The second kappa shape index (κ2) is 5.43. The van der Waals surface area contributed by atoms with E-state index in [4.69, 9.17) is 6.42 Å². The second-order valence-electron chi connectivity index (χ2n) is 5.00. The molecule has 18 heavy (non-hydrogen) atoms. The molecule has 0 spiro atoms. The minimum Gasteiger partial charge on any atom is -0.331 e. The van der Waals surface area contributed by atoms with Crippen LogP contribution in [-0.4, -0.2) is 46.8 Å². The summed E-state index contributed by atoms with van der Waals surface area (Å²) in [5, 5.41) is 0. The molecule has 2 atom stereocenters. The first kappa shape index (κ1) is 12.9. The third-order valence-electron chi connectivity index (χ3n) is 3.84. The summed E-state index contributed by atoms with van der Waals surface area (Å²) in [6.07, 6.45) is 9.40. The predicted molar refractivity (Wildman–Crippen MR) is 68.6 cm³/mol. The molecule has 2 amide bonds. The Bertz CT molecular complexity index is 386. The van der Waals surface area contributed by atoms with Crippen molar-refractivity contribution in [2.45, 2.75) is 51.1 Å². The summed E-state index contributed by atoms with van der Waals surface area (Å²) in [6.45, 7) is 3.25. The van der Waals surface area contributed by atoms with E-state index >= 15 is 0 Å². The Hall–Kier alpha value is -1.50. The predicted octanol–water partition coefficient (Wildman–Crippen LogP) is 1.01. The maximum Gasteiger partial charge on any atom is 0.246 e. The highest BCUT2D eigenvalue weighted by Crippen LogP contribution is 2.25. The molecule has 2 unspecified atom stereocenters. The monoisotopic (exact) mass is 248 g/mol. The zero-order chi connectivity index (χ0) is 13.1.